The van der Waals surface area contributed by atoms with Crippen LogP contribution in [0.5, 0.6) is 0 Å². The molecule has 2 heteroatoms. The Morgan fingerprint density at radius 1 is 1.03 bits per heavy atom. The summed E-state index contributed by atoms with van der Waals surface area (Å²) < 4.78 is 0. The summed E-state index contributed by atoms with van der Waals surface area (Å²) in [7, 11) is 0. The maximum atomic E-state index is 12.6. The molecular formula is C33H56OS. The van der Waals surface area contributed by atoms with Gasteiger partial charge in [-0.2, -0.15) is 0 Å². The molecule has 4 aliphatic carbocycles. The lowest BCUT2D eigenvalue weighted by Crippen LogP contribution is -2.50. The van der Waals surface area contributed by atoms with Crippen molar-refractivity contribution in [1.82, 2.24) is 0 Å². The van der Waals surface area contributed by atoms with E-state index in [0.717, 1.165) is 48.3 Å². The minimum atomic E-state index is 0.405. The highest BCUT2D eigenvalue weighted by Crippen LogP contribution is 2.67. The van der Waals surface area contributed by atoms with E-state index in [1.54, 1.807) is 17.3 Å². The smallest absolute Gasteiger partial charge is 0.189 e. The second kappa shape index (κ2) is 11.2. The third kappa shape index (κ3) is 5.63. The minimum absolute atomic E-state index is 0.405. The Kier molecular flexibility index (Phi) is 8.93. The molecule has 200 valence electrons. The Hall–Kier alpha value is -0.240. The number of carbonyl (C=O) groups is 1. The van der Waals surface area contributed by atoms with Crippen LogP contribution in [-0.2, 0) is 4.79 Å². The fourth-order valence-electron chi connectivity index (χ4n) is 9.42. The van der Waals surface area contributed by atoms with Gasteiger partial charge in [0, 0.05) is 11.7 Å². The largest absolute Gasteiger partial charge is 0.287 e. The van der Waals surface area contributed by atoms with Crippen molar-refractivity contribution >= 4 is 16.9 Å². The van der Waals surface area contributed by atoms with Crippen LogP contribution < -0.4 is 0 Å². The van der Waals surface area contributed by atoms with E-state index in [1.165, 1.54) is 70.6 Å². The molecule has 0 amide bonds. The van der Waals surface area contributed by atoms with Gasteiger partial charge in [-0.05, 0) is 104 Å². The van der Waals surface area contributed by atoms with Crippen LogP contribution in [0.2, 0.25) is 0 Å². The second-order valence-corrected chi connectivity index (χ2v) is 15.7. The number of hydrogen-bond donors (Lipinski definition) is 0. The first-order valence-electron chi connectivity index (χ1n) is 15.5. The number of fused-ring (bicyclic) bond motifs is 5. The zero-order valence-electron chi connectivity index (χ0n) is 24.2. The van der Waals surface area contributed by atoms with Crippen molar-refractivity contribution in [3.05, 3.63) is 11.6 Å². The predicted octanol–water partition coefficient (Wildman–Crippen LogP) is 10.1. The molecule has 0 unspecified atom stereocenters. The molecule has 0 radical (unpaired) electrons. The lowest BCUT2D eigenvalue weighted by molar-refractivity contribution is -0.111. The maximum Gasteiger partial charge on any atom is 0.189 e. The molecule has 0 heterocycles. The summed E-state index contributed by atoms with van der Waals surface area (Å²) >= 11 is 1.69. The molecule has 3 saturated carbocycles. The lowest BCUT2D eigenvalue weighted by atomic mass is 9.47. The van der Waals surface area contributed by atoms with Gasteiger partial charge in [0.1, 0.15) is 0 Å². The third-order valence-electron chi connectivity index (χ3n) is 11.8. The van der Waals surface area contributed by atoms with Crippen molar-refractivity contribution in [2.75, 3.05) is 0 Å². The zero-order valence-corrected chi connectivity index (χ0v) is 25.0. The van der Waals surface area contributed by atoms with Crippen LogP contribution in [0, 0.1) is 52.3 Å². The Balaban J connectivity index is 1.41. The molecule has 0 aromatic heterocycles. The molecule has 35 heavy (non-hydrogen) atoms. The molecule has 3 fully saturated rings. The fourth-order valence-corrected chi connectivity index (χ4v) is 10.7. The second-order valence-electron chi connectivity index (χ2n) is 14.4. The molecular weight excluding hydrogens is 444 g/mol. The van der Waals surface area contributed by atoms with Gasteiger partial charge in [0.05, 0.1) is 0 Å². The Bertz CT molecular complexity index is 769. The van der Waals surface area contributed by atoms with E-state index in [-0.39, 0.29) is 0 Å². The zero-order chi connectivity index (χ0) is 25.4. The average molecular weight is 501 g/mol. The van der Waals surface area contributed by atoms with Gasteiger partial charge in [-0.3, -0.25) is 4.79 Å². The summed E-state index contributed by atoms with van der Waals surface area (Å²) in [5.74, 6) is 5.96. The predicted molar refractivity (Wildman–Crippen MR) is 154 cm³/mol. The van der Waals surface area contributed by atoms with Crippen molar-refractivity contribution in [1.29, 1.82) is 0 Å². The van der Waals surface area contributed by atoms with E-state index in [2.05, 4.69) is 54.5 Å². The molecule has 0 aromatic rings. The van der Waals surface area contributed by atoms with Crippen LogP contribution >= 0.6 is 11.8 Å². The SMILES string of the molecule is CC[C@H](C)CC(=O)S[C@H]1CC[C@@]2(C)C(=CC[C@H]3[C@@H]4CC[C@H]([C@@H](C)CCCC(C)C)[C@@]4(C)CC[C@@H]32)C1. The topological polar surface area (TPSA) is 17.1 Å². The highest BCUT2D eigenvalue weighted by Gasteiger charge is 2.59. The monoisotopic (exact) mass is 500 g/mol. The summed E-state index contributed by atoms with van der Waals surface area (Å²) in [4.78, 5) is 12.6. The molecule has 0 aliphatic heterocycles. The Labute approximate surface area is 222 Å². The lowest BCUT2D eigenvalue weighted by Gasteiger charge is -2.58. The molecule has 0 bridgehead atoms. The first-order valence-corrected chi connectivity index (χ1v) is 16.3. The fraction of sp³-hybridized carbons (Fsp3) is 0.909. The maximum absolute atomic E-state index is 12.6. The third-order valence-corrected chi connectivity index (χ3v) is 12.9. The number of carbonyl (C=O) groups excluding carboxylic acids is 1. The molecule has 9 atom stereocenters. The highest BCUT2D eigenvalue weighted by molar-refractivity contribution is 8.14. The minimum Gasteiger partial charge on any atom is -0.287 e. The number of rotatable bonds is 9. The van der Waals surface area contributed by atoms with Gasteiger partial charge in [0.25, 0.3) is 0 Å². The molecule has 1 nitrogen and oxygen atoms in total. The quantitative estimate of drug-likeness (QED) is 0.293. The van der Waals surface area contributed by atoms with Crippen molar-refractivity contribution in [2.24, 2.45) is 52.3 Å². The van der Waals surface area contributed by atoms with E-state index >= 15 is 0 Å². The first-order chi connectivity index (χ1) is 16.6. The van der Waals surface area contributed by atoms with Crippen molar-refractivity contribution in [3.63, 3.8) is 0 Å². The van der Waals surface area contributed by atoms with Gasteiger partial charge < -0.3 is 0 Å². The van der Waals surface area contributed by atoms with Crippen LogP contribution in [0.3, 0.4) is 0 Å². The summed E-state index contributed by atoms with van der Waals surface area (Å²) in [6.45, 7) is 17.1. The van der Waals surface area contributed by atoms with Crippen LogP contribution in [0.4, 0.5) is 0 Å². The van der Waals surface area contributed by atoms with Gasteiger partial charge in [-0.15, -0.1) is 0 Å². The van der Waals surface area contributed by atoms with Crippen LogP contribution in [-0.4, -0.2) is 10.4 Å². The summed E-state index contributed by atoms with van der Waals surface area (Å²) in [6.07, 6.45) is 19.8. The molecule has 4 rings (SSSR count). The van der Waals surface area contributed by atoms with Crippen LogP contribution in [0.25, 0.3) is 0 Å². The Morgan fingerprint density at radius 3 is 2.51 bits per heavy atom. The van der Waals surface area contributed by atoms with Gasteiger partial charge in [-0.25, -0.2) is 0 Å². The Morgan fingerprint density at radius 2 is 1.80 bits per heavy atom. The van der Waals surface area contributed by atoms with Gasteiger partial charge in [0.15, 0.2) is 5.12 Å². The molecule has 0 saturated heterocycles. The number of allylic oxidation sites excluding steroid dienone is 2. The van der Waals surface area contributed by atoms with Crippen LogP contribution in [0.15, 0.2) is 11.6 Å². The van der Waals surface area contributed by atoms with Crippen molar-refractivity contribution < 1.29 is 4.79 Å². The van der Waals surface area contributed by atoms with E-state index in [0.29, 0.717) is 27.1 Å². The molecule has 4 aliphatic rings. The normalized spacial score (nSPS) is 40.5. The average Bonchev–Trinajstić information content (AvgIpc) is 3.16. The van der Waals surface area contributed by atoms with E-state index in [4.69, 9.17) is 0 Å². The first kappa shape index (κ1) is 27.8. The van der Waals surface area contributed by atoms with Gasteiger partial charge >= 0.3 is 0 Å². The number of hydrogen-bond acceptors (Lipinski definition) is 2. The highest BCUT2D eigenvalue weighted by atomic mass is 32.2. The summed E-state index contributed by atoms with van der Waals surface area (Å²) in [5.41, 5.74) is 2.72. The van der Waals surface area contributed by atoms with Crippen molar-refractivity contribution in [2.45, 2.75) is 137 Å². The number of thioether (sulfide) groups is 1. The van der Waals surface area contributed by atoms with Crippen LogP contribution in [0.1, 0.15) is 132 Å². The van der Waals surface area contributed by atoms with E-state index in [1.807, 2.05) is 0 Å². The van der Waals surface area contributed by atoms with Crippen molar-refractivity contribution in [3.8, 4) is 0 Å². The summed E-state index contributed by atoms with van der Waals surface area (Å²) in [5, 5.41) is 0.967. The van der Waals surface area contributed by atoms with Gasteiger partial charge in [0.2, 0.25) is 0 Å². The molecule has 0 spiro atoms. The molecule has 0 aromatic carbocycles. The summed E-state index contributed by atoms with van der Waals surface area (Å²) in [6, 6.07) is 0. The van der Waals surface area contributed by atoms with E-state index in [9.17, 15) is 4.79 Å². The standard InChI is InChI=1S/C33H56OS/c1-8-23(4)20-31(34)35-26-16-18-32(6)25(21-26)12-13-27-29-15-14-28(24(5)11-9-10-22(2)3)33(29,7)19-17-30(27)32/h12,22-24,26-30H,8-11,13-21H2,1-7H3/t23-,24-,26-,27-,28+,29-,30-,32-,33+/m0/s1. The molecule has 0 N–H and O–H groups in total. The van der Waals surface area contributed by atoms with Gasteiger partial charge in [-0.1, -0.05) is 97.6 Å². The van der Waals surface area contributed by atoms with E-state index < -0.39 is 0 Å².